The lowest BCUT2D eigenvalue weighted by atomic mass is 9.86. The van der Waals surface area contributed by atoms with Gasteiger partial charge in [-0.05, 0) is 36.5 Å². The van der Waals surface area contributed by atoms with Crippen molar-refractivity contribution in [1.29, 1.82) is 0 Å². The van der Waals surface area contributed by atoms with Crippen LogP contribution in [0.1, 0.15) is 59.8 Å². The predicted octanol–water partition coefficient (Wildman–Crippen LogP) is 4.49. The van der Waals surface area contributed by atoms with Crippen LogP contribution in [0.4, 0.5) is 0 Å². The number of hydrogen-bond acceptors (Lipinski definition) is 0. The van der Waals surface area contributed by atoms with Gasteiger partial charge in [0.25, 0.3) is 0 Å². The van der Waals surface area contributed by atoms with Gasteiger partial charge in [0.15, 0.2) is 0 Å². The Bertz CT molecular complexity index is 137. The molecule has 0 heterocycles. The first kappa shape index (κ1) is 11.1. The van der Waals surface area contributed by atoms with Gasteiger partial charge in [-0.25, -0.2) is 0 Å². The van der Waals surface area contributed by atoms with Crippen molar-refractivity contribution in [3.63, 3.8) is 0 Å². The molecule has 13 heavy (non-hydrogen) atoms. The average molecular weight is 182 g/mol. The van der Waals surface area contributed by atoms with Gasteiger partial charge in [-0.3, -0.25) is 0 Å². The number of hydrogen-bond donors (Lipinski definition) is 0. The van der Waals surface area contributed by atoms with Crippen molar-refractivity contribution in [3.8, 4) is 0 Å². The molecule has 0 aromatic carbocycles. The molecule has 0 bridgehead atoms. The Hall–Kier alpha value is 0. The molecule has 0 saturated heterocycles. The highest BCUT2D eigenvalue weighted by Gasteiger charge is 2.36. The second-order valence-electron chi connectivity index (χ2n) is 5.19. The summed E-state index contributed by atoms with van der Waals surface area (Å²) in [4.78, 5) is 0. The van der Waals surface area contributed by atoms with Gasteiger partial charge >= 0.3 is 0 Å². The van der Waals surface area contributed by atoms with Gasteiger partial charge in [-0.2, -0.15) is 0 Å². The fourth-order valence-electron chi connectivity index (χ4n) is 2.58. The van der Waals surface area contributed by atoms with E-state index in [1.54, 1.807) is 0 Å². The smallest absolute Gasteiger partial charge is 0.0380 e. The molecule has 0 heteroatoms. The van der Waals surface area contributed by atoms with Crippen molar-refractivity contribution in [2.24, 2.45) is 23.7 Å². The van der Waals surface area contributed by atoms with E-state index >= 15 is 0 Å². The SMILES string of the molecule is CCCC(CC1CC1CC)C(C)C. The molecule has 1 aliphatic carbocycles. The third kappa shape index (κ3) is 3.32. The van der Waals surface area contributed by atoms with E-state index in [0.717, 1.165) is 23.7 Å². The lowest BCUT2D eigenvalue weighted by molar-refractivity contribution is 0.312. The molecule has 78 valence electrons. The molecule has 0 nitrogen and oxygen atoms in total. The molecule has 0 amide bonds. The second-order valence-corrected chi connectivity index (χ2v) is 5.19. The standard InChI is InChI=1S/C13H26/c1-5-7-12(10(3)4)9-13-8-11(13)6-2/h10-13H,5-9H2,1-4H3. The lowest BCUT2D eigenvalue weighted by Crippen LogP contribution is -2.09. The van der Waals surface area contributed by atoms with Crippen LogP contribution in [0.15, 0.2) is 0 Å². The van der Waals surface area contributed by atoms with E-state index in [-0.39, 0.29) is 0 Å². The Morgan fingerprint density at radius 1 is 1.15 bits per heavy atom. The van der Waals surface area contributed by atoms with Crippen LogP contribution in [0.25, 0.3) is 0 Å². The summed E-state index contributed by atoms with van der Waals surface area (Å²) in [6, 6.07) is 0. The molecule has 0 spiro atoms. The summed E-state index contributed by atoms with van der Waals surface area (Å²) < 4.78 is 0. The highest BCUT2D eigenvalue weighted by molar-refractivity contribution is 4.87. The quantitative estimate of drug-likeness (QED) is 0.567. The van der Waals surface area contributed by atoms with Crippen molar-refractivity contribution in [2.45, 2.75) is 59.8 Å². The zero-order valence-corrected chi connectivity index (χ0v) is 9.84. The van der Waals surface area contributed by atoms with Crippen molar-refractivity contribution in [2.75, 3.05) is 0 Å². The third-order valence-corrected chi connectivity index (χ3v) is 3.80. The minimum absolute atomic E-state index is 0.901. The fraction of sp³-hybridized carbons (Fsp3) is 1.00. The molecule has 1 rings (SSSR count). The second kappa shape index (κ2) is 5.02. The van der Waals surface area contributed by atoms with Crippen molar-refractivity contribution >= 4 is 0 Å². The lowest BCUT2D eigenvalue weighted by Gasteiger charge is -2.20. The van der Waals surface area contributed by atoms with E-state index in [1.165, 1.54) is 32.1 Å². The van der Waals surface area contributed by atoms with Crippen LogP contribution >= 0.6 is 0 Å². The third-order valence-electron chi connectivity index (χ3n) is 3.80. The summed E-state index contributed by atoms with van der Waals surface area (Å²) >= 11 is 0. The molecule has 1 saturated carbocycles. The molecule has 0 aliphatic heterocycles. The van der Waals surface area contributed by atoms with E-state index in [4.69, 9.17) is 0 Å². The molecule has 1 aliphatic rings. The maximum atomic E-state index is 2.39. The average Bonchev–Trinajstić information content (AvgIpc) is 2.82. The first-order valence-corrected chi connectivity index (χ1v) is 6.19. The van der Waals surface area contributed by atoms with E-state index in [9.17, 15) is 0 Å². The maximum absolute atomic E-state index is 2.39. The van der Waals surface area contributed by atoms with Crippen LogP contribution in [0, 0.1) is 23.7 Å². The molecular weight excluding hydrogens is 156 g/mol. The van der Waals surface area contributed by atoms with E-state index in [0.29, 0.717) is 0 Å². The van der Waals surface area contributed by atoms with Gasteiger partial charge in [-0.1, -0.05) is 47.0 Å². The summed E-state index contributed by atoms with van der Waals surface area (Å²) in [6.45, 7) is 9.45. The van der Waals surface area contributed by atoms with Crippen LogP contribution in [-0.2, 0) is 0 Å². The Kier molecular flexibility index (Phi) is 4.28. The number of rotatable bonds is 6. The largest absolute Gasteiger partial charge is 0.0654 e. The van der Waals surface area contributed by atoms with Crippen LogP contribution in [0.2, 0.25) is 0 Å². The monoisotopic (exact) mass is 182 g/mol. The van der Waals surface area contributed by atoms with E-state index < -0.39 is 0 Å². The summed E-state index contributed by atoms with van der Waals surface area (Å²) in [5.74, 6) is 4.10. The minimum Gasteiger partial charge on any atom is -0.0654 e. The Morgan fingerprint density at radius 2 is 1.85 bits per heavy atom. The summed E-state index contributed by atoms with van der Waals surface area (Å²) in [5.41, 5.74) is 0. The van der Waals surface area contributed by atoms with Crippen molar-refractivity contribution in [3.05, 3.63) is 0 Å². The molecule has 0 aromatic rings. The zero-order valence-electron chi connectivity index (χ0n) is 9.84. The fourth-order valence-corrected chi connectivity index (χ4v) is 2.58. The normalized spacial score (nSPS) is 29.3. The molecule has 0 N–H and O–H groups in total. The van der Waals surface area contributed by atoms with Gasteiger partial charge in [-0.15, -0.1) is 0 Å². The van der Waals surface area contributed by atoms with Gasteiger partial charge in [0.05, 0.1) is 0 Å². The molecular formula is C13H26. The summed E-state index contributed by atoms with van der Waals surface area (Å²) in [6.07, 6.45) is 7.28. The first-order chi connectivity index (χ1) is 6.19. The van der Waals surface area contributed by atoms with E-state index in [2.05, 4.69) is 27.7 Å². The predicted molar refractivity (Wildman–Crippen MR) is 59.7 cm³/mol. The van der Waals surface area contributed by atoms with Crippen molar-refractivity contribution in [1.82, 2.24) is 0 Å². The first-order valence-electron chi connectivity index (χ1n) is 6.19. The molecule has 3 atom stereocenters. The Labute approximate surface area is 84.1 Å². The van der Waals surface area contributed by atoms with Crippen LogP contribution in [-0.4, -0.2) is 0 Å². The molecule has 3 unspecified atom stereocenters. The molecule has 0 aromatic heterocycles. The van der Waals surface area contributed by atoms with Crippen LogP contribution in [0.3, 0.4) is 0 Å². The van der Waals surface area contributed by atoms with Gasteiger partial charge in [0.1, 0.15) is 0 Å². The van der Waals surface area contributed by atoms with E-state index in [1.807, 2.05) is 0 Å². The van der Waals surface area contributed by atoms with Crippen molar-refractivity contribution < 1.29 is 0 Å². The zero-order chi connectivity index (χ0) is 9.84. The minimum atomic E-state index is 0.901. The van der Waals surface area contributed by atoms with Gasteiger partial charge in [0, 0.05) is 0 Å². The highest BCUT2D eigenvalue weighted by atomic mass is 14.4. The highest BCUT2D eigenvalue weighted by Crippen LogP contribution is 2.46. The van der Waals surface area contributed by atoms with Gasteiger partial charge in [0.2, 0.25) is 0 Å². The molecule has 0 radical (unpaired) electrons. The summed E-state index contributed by atoms with van der Waals surface area (Å²) in [5, 5.41) is 0. The Balaban J connectivity index is 2.23. The topological polar surface area (TPSA) is 0 Å². The van der Waals surface area contributed by atoms with Crippen LogP contribution < -0.4 is 0 Å². The Morgan fingerprint density at radius 3 is 2.23 bits per heavy atom. The van der Waals surface area contributed by atoms with Crippen LogP contribution in [0.5, 0.6) is 0 Å². The van der Waals surface area contributed by atoms with Gasteiger partial charge < -0.3 is 0 Å². The maximum Gasteiger partial charge on any atom is -0.0380 e. The summed E-state index contributed by atoms with van der Waals surface area (Å²) in [7, 11) is 0. The molecule has 1 fully saturated rings.